The lowest BCUT2D eigenvalue weighted by molar-refractivity contribution is -0.271. The van der Waals surface area contributed by atoms with Crippen molar-refractivity contribution in [1.82, 2.24) is 4.98 Å². The van der Waals surface area contributed by atoms with Crippen molar-refractivity contribution < 1.29 is 42.9 Å². The molecule has 0 radical (unpaired) electrons. The number of rotatable bonds is 11. The van der Waals surface area contributed by atoms with Gasteiger partial charge in [-0.05, 0) is 68.9 Å². The summed E-state index contributed by atoms with van der Waals surface area (Å²) in [7, 11) is 0. The van der Waals surface area contributed by atoms with E-state index in [4.69, 9.17) is 23.4 Å². The third-order valence-corrected chi connectivity index (χ3v) is 11.0. The molecule has 2 aromatic rings. The van der Waals surface area contributed by atoms with Gasteiger partial charge < -0.3 is 28.5 Å². The highest BCUT2D eigenvalue weighted by Crippen LogP contribution is 2.67. The highest BCUT2D eigenvalue weighted by Gasteiger charge is 2.71. The molecule has 48 heavy (non-hydrogen) atoms. The largest absolute Gasteiger partial charge is 0.482 e. The molecule has 5 rings (SSSR count). The van der Waals surface area contributed by atoms with E-state index in [1.54, 1.807) is 30.6 Å². The first kappa shape index (κ1) is 35.6. The van der Waals surface area contributed by atoms with Crippen molar-refractivity contribution in [2.45, 2.75) is 123 Å². The lowest BCUT2D eigenvalue weighted by atomic mass is 9.42. The van der Waals surface area contributed by atoms with Gasteiger partial charge in [-0.25, -0.2) is 4.79 Å². The number of carbonyl (C=O) groups excluding carboxylic acids is 3. The average Bonchev–Trinajstić information content (AvgIpc) is 3.03. The predicted octanol–water partition coefficient (Wildman–Crippen LogP) is 6.10. The van der Waals surface area contributed by atoms with Crippen LogP contribution >= 0.6 is 0 Å². The number of carbonyl (C=O) groups is 3. The van der Waals surface area contributed by atoms with Gasteiger partial charge in [-0.1, -0.05) is 34.6 Å². The van der Waals surface area contributed by atoms with Crippen molar-refractivity contribution in [2.75, 3.05) is 6.61 Å². The van der Waals surface area contributed by atoms with E-state index in [-0.39, 0.29) is 60.8 Å². The summed E-state index contributed by atoms with van der Waals surface area (Å²) >= 11 is 0. The Balaban J connectivity index is 1.64. The summed E-state index contributed by atoms with van der Waals surface area (Å²) in [4.78, 5) is 56.5. The van der Waals surface area contributed by atoms with Gasteiger partial charge in [-0.15, -0.1) is 0 Å². The average molecular weight is 668 g/mol. The molecule has 8 atom stereocenters. The molecule has 2 saturated carbocycles. The van der Waals surface area contributed by atoms with Crippen LogP contribution in [0.4, 0.5) is 0 Å². The summed E-state index contributed by atoms with van der Waals surface area (Å²) < 4.78 is 30.7. The molecule has 3 unspecified atom stereocenters. The van der Waals surface area contributed by atoms with Gasteiger partial charge in [0.15, 0.2) is 0 Å². The fourth-order valence-electron chi connectivity index (χ4n) is 8.74. The maximum Gasteiger partial charge on any atom is 0.345 e. The minimum Gasteiger partial charge on any atom is -0.482 e. The third kappa shape index (κ3) is 6.37. The first-order chi connectivity index (χ1) is 22.8. The minimum atomic E-state index is -1.34. The van der Waals surface area contributed by atoms with Crippen LogP contribution in [0, 0.1) is 22.7 Å². The second-order valence-electron chi connectivity index (χ2n) is 14.3. The summed E-state index contributed by atoms with van der Waals surface area (Å²) in [6.07, 6.45) is 4.13. The van der Waals surface area contributed by atoms with Crippen molar-refractivity contribution in [3.8, 4) is 17.1 Å². The summed E-state index contributed by atoms with van der Waals surface area (Å²) in [6.45, 7) is 11.5. The van der Waals surface area contributed by atoms with Crippen LogP contribution in [0.3, 0.4) is 0 Å². The summed E-state index contributed by atoms with van der Waals surface area (Å²) in [5.41, 5.74) is -3.08. The summed E-state index contributed by atoms with van der Waals surface area (Å²) in [5.74, 6) is -1.83. The number of aromatic nitrogens is 1. The Morgan fingerprint density at radius 3 is 2.25 bits per heavy atom. The van der Waals surface area contributed by atoms with Crippen LogP contribution in [0.25, 0.3) is 11.3 Å². The first-order valence-electron chi connectivity index (χ1n) is 17.3. The van der Waals surface area contributed by atoms with Gasteiger partial charge in [0.1, 0.15) is 41.5 Å². The number of fused-ring (bicyclic) bond motifs is 4. The predicted molar refractivity (Wildman–Crippen MR) is 175 cm³/mol. The topological polar surface area (TPSA) is 151 Å². The molecule has 0 saturated heterocycles. The number of hydrogen-bond acceptors (Lipinski definition) is 11. The van der Waals surface area contributed by atoms with Gasteiger partial charge in [0.05, 0.1) is 6.10 Å². The molecule has 2 aromatic heterocycles. The molecule has 11 heteroatoms. The molecule has 1 aliphatic heterocycles. The Labute approximate surface area is 281 Å². The van der Waals surface area contributed by atoms with E-state index >= 15 is 0 Å². The first-order valence-corrected chi connectivity index (χ1v) is 17.3. The highest BCUT2D eigenvalue weighted by atomic mass is 16.6. The van der Waals surface area contributed by atoms with Crippen LogP contribution in [-0.2, 0) is 28.6 Å². The molecule has 2 fully saturated rings. The van der Waals surface area contributed by atoms with Crippen LogP contribution in [-0.4, -0.2) is 52.4 Å². The number of pyridine rings is 1. The van der Waals surface area contributed by atoms with Gasteiger partial charge in [0.25, 0.3) is 0 Å². The van der Waals surface area contributed by atoms with Crippen molar-refractivity contribution in [1.29, 1.82) is 0 Å². The van der Waals surface area contributed by atoms with E-state index in [0.29, 0.717) is 44.1 Å². The van der Waals surface area contributed by atoms with E-state index in [0.717, 1.165) is 0 Å². The molecule has 1 N–H and O–H groups in total. The van der Waals surface area contributed by atoms with Crippen molar-refractivity contribution in [2.24, 2.45) is 22.7 Å². The summed E-state index contributed by atoms with van der Waals surface area (Å²) in [6, 6.07) is 5.06. The molecule has 3 aliphatic rings. The maximum absolute atomic E-state index is 13.6. The molecule has 0 amide bonds. The van der Waals surface area contributed by atoms with E-state index in [1.165, 1.54) is 0 Å². The van der Waals surface area contributed by atoms with Crippen molar-refractivity contribution >= 4 is 17.9 Å². The van der Waals surface area contributed by atoms with Crippen LogP contribution in [0.15, 0.2) is 39.8 Å². The third-order valence-electron chi connectivity index (χ3n) is 11.0. The SMILES string of the molecule is CCCC(=O)OC[C@@]1(C)C2C[C@H](OC(=O)CCC)[C@@]3(C)Oc4cc(-c5cccnc5)oc(=O)c4C(O)C3[C@@]2(C)CC[C@@H]1OC(=O)CCC. The Morgan fingerprint density at radius 1 is 0.979 bits per heavy atom. The van der Waals surface area contributed by atoms with Crippen LogP contribution in [0.5, 0.6) is 5.75 Å². The molecule has 0 aromatic carbocycles. The Bertz CT molecular complexity index is 1560. The monoisotopic (exact) mass is 667 g/mol. The number of nitrogens with zero attached hydrogens (tertiary/aromatic N) is 1. The quantitative estimate of drug-likeness (QED) is 0.219. The Hall–Kier alpha value is -3.73. The Kier molecular flexibility index (Phi) is 10.4. The molecule has 0 spiro atoms. The second kappa shape index (κ2) is 14.0. The lowest BCUT2D eigenvalue weighted by Crippen LogP contribution is -2.71. The molecular weight excluding hydrogens is 618 g/mol. The molecule has 11 nitrogen and oxygen atoms in total. The Morgan fingerprint density at radius 2 is 1.62 bits per heavy atom. The standard InChI is InChI=1S/C37H49NO10/c1-7-11-28(39)44-21-36(5)25-19-27(47-30(41)13-9-3)37(6)33(35(25,4)16-15-26(36)46-29(40)12-8-2)32(42)31-24(48-37)18-23(45-34(31)43)22-14-10-17-38-20-22/h10,14,17-18,20,25-27,32-33,42H,7-9,11-13,15-16,19,21H2,1-6H3/t25?,26-,27-,32?,33?,35-,36-,37+/m0/s1. The minimum absolute atomic E-state index is 0.00167. The molecule has 3 heterocycles. The number of aliphatic hydroxyl groups excluding tert-OH is 1. The second-order valence-corrected chi connectivity index (χ2v) is 14.3. The smallest absolute Gasteiger partial charge is 0.345 e. The van der Waals surface area contributed by atoms with Crippen LogP contribution < -0.4 is 10.4 Å². The zero-order valence-corrected chi connectivity index (χ0v) is 28.9. The lowest BCUT2D eigenvalue weighted by Gasteiger charge is -2.66. The highest BCUT2D eigenvalue weighted by molar-refractivity contribution is 5.70. The normalized spacial score (nSPS) is 32.1. The van der Waals surface area contributed by atoms with E-state index in [2.05, 4.69) is 4.98 Å². The molecule has 2 aliphatic carbocycles. The summed E-state index contributed by atoms with van der Waals surface area (Å²) in [5, 5.41) is 12.3. The fourth-order valence-corrected chi connectivity index (χ4v) is 8.74. The fraction of sp³-hybridized carbons (Fsp3) is 0.649. The number of aliphatic hydroxyl groups is 1. The zero-order chi connectivity index (χ0) is 34.9. The van der Waals surface area contributed by atoms with Gasteiger partial charge in [-0.3, -0.25) is 19.4 Å². The van der Waals surface area contributed by atoms with Crippen molar-refractivity contribution in [3.63, 3.8) is 0 Å². The molecular formula is C37H49NO10. The van der Waals surface area contributed by atoms with E-state index < -0.39 is 52.3 Å². The molecule has 0 bridgehead atoms. The van der Waals surface area contributed by atoms with E-state index in [9.17, 15) is 24.3 Å². The van der Waals surface area contributed by atoms with Gasteiger partial charge >= 0.3 is 23.5 Å². The van der Waals surface area contributed by atoms with Crippen LogP contribution in [0.2, 0.25) is 0 Å². The number of hydrogen-bond donors (Lipinski definition) is 1. The number of ether oxygens (including phenoxy) is 4. The van der Waals surface area contributed by atoms with E-state index in [1.807, 2.05) is 41.5 Å². The van der Waals surface area contributed by atoms with Crippen LogP contribution in [0.1, 0.15) is 111 Å². The maximum atomic E-state index is 13.6. The van der Waals surface area contributed by atoms with Crippen molar-refractivity contribution in [3.05, 3.63) is 46.6 Å². The van der Waals surface area contributed by atoms with Gasteiger partial charge in [0, 0.05) is 54.6 Å². The molecule has 262 valence electrons. The van der Waals surface area contributed by atoms with Gasteiger partial charge in [-0.2, -0.15) is 0 Å². The number of esters is 3. The zero-order valence-electron chi connectivity index (χ0n) is 28.9. The van der Waals surface area contributed by atoms with Gasteiger partial charge in [0.2, 0.25) is 0 Å².